The Bertz CT molecular complexity index is 433. The maximum atomic E-state index is 12.3. The Kier molecular flexibility index (Phi) is 5.65. The molecule has 1 amide bonds. The minimum absolute atomic E-state index is 0.0263. The van der Waals surface area contributed by atoms with Gasteiger partial charge in [-0.25, -0.2) is 4.79 Å². The van der Waals surface area contributed by atoms with Gasteiger partial charge in [-0.1, -0.05) is 23.3 Å². The molecular formula is C14H22N4O2. The van der Waals surface area contributed by atoms with E-state index in [4.69, 9.17) is 10.3 Å². The van der Waals surface area contributed by atoms with Crippen molar-refractivity contribution in [3.63, 3.8) is 0 Å². The van der Waals surface area contributed by atoms with Crippen LogP contribution < -0.4 is 0 Å². The lowest BCUT2D eigenvalue weighted by Crippen LogP contribution is -2.45. The maximum Gasteiger partial charge on any atom is 0.410 e. The van der Waals surface area contributed by atoms with E-state index in [0.717, 1.165) is 6.42 Å². The second-order valence-corrected chi connectivity index (χ2v) is 5.73. The summed E-state index contributed by atoms with van der Waals surface area (Å²) in [7, 11) is 0. The van der Waals surface area contributed by atoms with Crippen molar-refractivity contribution in [2.45, 2.75) is 38.8 Å². The van der Waals surface area contributed by atoms with Gasteiger partial charge >= 0.3 is 6.09 Å². The SMILES string of the molecule is C=CCN(C(=O)OC(C)(C)C)[C@@H]1CC=C[C@H]1CN=[N+]=[N-]. The summed E-state index contributed by atoms with van der Waals surface area (Å²) in [5, 5.41) is 3.61. The van der Waals surface area contributed by atoms with Crippen molar-refractivity contribution in [3.8, 4) is 0 Å². The van der Waals surface area contributed by atoms with Crippen LogP contribution in [0.1, 0.15) is 27.2 Å². The van der Waals surface area contributed by atoms with Crippen LogP contribution in [0.4, 0.5) is 4.79 Å². The van der Waals surface area contributed by atoms with E-state index in [9.17, 15) is 4.79 Å². The highest BCUT2D eigenvalue weighted by molar-refractivity contribution is 5.69. The molecule has 0 heterocycles. The number of hydrogen-bond donors (Lipinski definition) is 0. The summed E-state index contributed by atoms with van der Waals surface area (Å²) < 4.78 is 5.43. The second kappa shape index (κ2) is 7.01. The fraction of sp³-hybridized carbons (Fsp3) is 0.643. The number of ether oxygens (including phenoxy) is 1. The number of amides is 1. The third-order valence-electron chi connectivity index (χ3n) is 2.96. The van der Waals surface area contributed by atoms with Gasteiger partial charge in [0.05, 0.1) is 0 Å². The Hall–Kier alpha value is -1.94. The van der Waals surface area contributed by atoms with Crippen molar-refractivity contribution in [1.82, 2.24) is 4.90 Å². The molecule has 0 bridgehead atoms. The van der Waals surface area contributed by atoms with E-state index < -0.39 is 5.60 Å². The van der Waals surface area contributed by atoms with Crippen LogP contribution in [0.2, 0.25) is 0 Å². The van der Waals surface area contributed by atoms with Crippen molar-refractivity contribution in [2.75, 3.05) is 13.1 Å². The molecule has 0 saturated heterocycles. The second-order valence-electron chi connectivity index (χ2n) is 5.73. The zero-order chi connectivity index (χ0) is 15.2. The van der Waals surface area contributed by atoms with Crippen LogP contribution in [0.3, 0.4) is 0 Å². The van der Waals surface area contributed by atoms with Gasteiger partial charge in [-0.15, -0.1) is 6.58 Å². The van der Waals surface area contributed by atoms with E-state index in [1.807, 2.05) is 32.9 Å². The summed E-state index contributed by atoms with van der Waals surface area (Å²) in [5.74, 6) is 0.0263. The fourth-order valence-electron chi connectivity index (χ4n) is 2.17. The zero-order valence-electron chi connectivity index (χ0n) is 12.3. The highest BCUT2D eigenvalue weighted by Crippen LogP contribution is 2.26. The highest BCUT2D eigenvalue weighted by atomic mass is 16.6. The van der Waals surface area contributed by atoms with Crippen LogP contribution in [0.15, 0.2) is 29.9 Å². The van der Waals surface area contributed by atoms with Crippen molar-refractivity contribution in [1.29, 1.82) is 0 Å². The van der Waals surface area contributed by atoms with Crippen LogP contribution in [-0.4, -0.2) is 35.7 Å². The molecule has 0 aromatic rings. The van der Waals surface area contributed by atoms with E-state index in [-0.39, 0.29) is 18.1 Å². The summed E-state index contributed by atoms with van der Waals surface area (Å²) in [6.07, 6.45) is 6.03. The summed E-state index contributed by atoms with van der Waals surface area (Å²) in [4.78, 5) is 16.7. The van der Waals surface area contributed by atoms with E-state index in [0.29, 0.717) is 13.1 Å². The lowest BCUT2D eigenvalue weighted by atomic mass is 10.0. The third-order valence-corrected chi connectivity index (χ3v) is 2.96. The first kappa shape index (κ1) is 16.1. The van der Waals surface area contributed by atoms with Gasteiger partial charge < -0.3 is 9.64 Å². The summed E-state index contributed by atoms with van der Waals surface area (Å²) in [6.45, 7) is 9.94. The minimum Gasteiger partial charge on any atom is -0.444 e. The maximum absolute atomic E-state index is 12.3. The Morgan fingerprint density at radius 3 is 2.90 bits per heavy atom. The number of azide groups is 1. The van der Waals surface area contributed by atoms with Crippen LogP contribution in [0, 0.1) is 5.92 Å². The molecule has 0 unspecified atom stereocenters. The normalized spacial score (nSPS) is 21.1. The molecule has 1 aliphatic carbocycles. The zero-order valence-corrected chi connectivity index (χ0v) is 12.3. The van der Waals surface area contributed by atoms with E-state index in [2.05, 4.69) is 16.6 Å². The van der Waals surface area contributed by atoms with E-state index in [1.165, 1.54) is 0 Å². The number of carbonyl (C=O) groups excluding carboxylic acids is 1. The first-order valence-corrected chi connectivity index (χ1v) is 6.67. The number of rotatable bonds is 5. The minimum atomic E-state index is -0.539. The molecule has 110 valence electrons. The number of carbonyl (C=O) groups is 1. The average Bonchev–Trinajstić information content (AvgIpc) is 2.79. The molecule has 6 heteroatoms. The Labute approximate surface area is 119 Å². The Morgan fingerprint density at radius 1 is 1.65 bits per heavy atom. The molecule has 0 saturated carbocycles. The molecule has 6 nitrogen and oxygen atoms in total. The molecule has 0 fully saturated rings. The first-order chi connectivity index (χ1) is 9.39. The summed E-state index contributed by atoms with van der Waals surface area (Å²) in [6, 6.07) is -0.0478. The van der Waals surface area contributed by atoms with Gasteiger partial charge in [0.25, 0.3) is 0 Å². The Morgan fingerprint density at radius 2 is 2.35 bits per heavy atom. The van der Waals surface area contributed by atoms with Crippen molar-refractivity contribution in [3.05, 3.63) is 35.2 Å². The standard InChI is InChI=1S/C14H22N4O2/c1-5-9-18(13(19)20-14(2,3)4)12-8-6-7-11(12)10-16-17-15/h5-7,11-12H,1,8-10H2,2-4H3/t11-,12+/m0/s1. The molecule has 0 aromatic heterocycles. The van der Waals surface area contributed by atoms with Gasteiger partial charge in [-0.05, 0) is 32.7 Å². The number of nitrogens with zero attached hydrogens (tertiary/aromatic N) is 4. The first-order valence-electron chi connectivity index (χ1n) is 6.67. The molecule has 20 heavy (non-hydrogen) atoms. The van der Waals surface area contributed by atoms with E-state index in [1.54, 1.807) is 11.0 Å². The Balaban J connectivity index is 2.81. The van der Waals surface area contributed by atoms with Crippen LogP contribution in [-0.2, 0) is 4.74 Å². The van der Waals surface area contributed by atoms with Crippen LogP contribution in [0.5, 0.6) is 0 Å². The van der Waals surface area contributed by atoms with Crippen molar-refractivity contribution >= 4 is 6.09 Å². The molecule has 1 aliphatic rings. The van der Waals surface area contributed by atoms with Crippen molar-refractivity contribution in [2.24, 2.45) is 11.0 Å². The predicted molar refractivity (Wildman–Crippen MR) is 78.2 cm³/mol. The van der Waals surface area contributed by atoms with Gasteiger partial charge in [-0.2, -0.15) is 0 Å². The molecule has 0 radical (unpaired) electrons. The smallest absolute Gasteiger partial charge is 0.410 e. The molecule has 1 rings (SSSR count). The average molecular weight is 278 g/mol. The molecule has 2 atom stereocenters. The monoisotopic (exact) mass is 278 g/mol. The molecule has 0 aromatic carbocycles. The van der Waals surface area contributed by atoms with Gasteiger partial charge in [-0.3, -0.25) is 0 Å². The quantitative estimate of drug-likeness (QED) is 0.333. The van der Waals surface area contributed by atoms with Gasteiger partial charge in [0.15, 0.2) is 0 Å². The fourth-order valence-corrected chi connectivity index (χ4v) is 2.17. The predicted octanol–water partition coefficient (Wildman–Crippen LogP) is 3.66. The summed E-state index contributed by atoms with van der Waals surface area (Å²) in [5.41, 5.74) is 7.89. The third kappa shape index (κ3) is 4.63. The molecule has 0 aliphatic heterocycles. The van der Waals surface area contributed by atoms with Crippen LogP contribution >= 0.6 is 0 Å². The lowest BCUT2D eigenvalue weighted by molar-refractivity contribution is 0.0163. The number of hydrogen-bond acceptors (Lipinski definition) is 3. The molecule has 0 spiro atoms. The summed E-state index contributed by atoms with van der Waals surface area (Å²) >= 11 is 0. The van der Waals surface area contributed by atoms with Gasteiger partial charge in [0.1, 0.15) is 5.60 Å². The largest absolute Gasteiger partial charge is 0.444 e. The van der Waals surface area contributed by atoms with E-state index >= 15 is 0 Å². The van der Waals surface area contributed by atoms with Crippen LogP contribution in [0.25, 0.3) is 10.4 Å². The molecular weight excluding hydrogens is 256 g/mol. The van der Waals surface area contributed by atoms with Gasteiger partial charge in [0.2, 0.25) is 0 Å². The molecule has 0 N–H and O–H groups in total. The highest BCUT2D eigenvalue weighted by Gasteiger charge is 2.33. The lowest BCUT2D eigenvalue weighted by Gasteiger charge is -2.33. The van der Waals surface area contributed by atoms with Crippen molar-refractivity contribution < 1.29 is 9.53 Å². The van der Waals surface area contributed by atoms with Gasteiger partial charge in [0, 0.05) is 30.0 Å². The topological polar surface area (TPSA) is 78.3 Å².